The van der Waals surface area contributed by atoms with E-state index >= 15 is 0 Å². The van der Waals surface area contributed by atoms with Gasteiger partial charge >= 0.3 is 0 Å². The van der Waals surface area contributed by atoms with Crippen LogP contribution in [0.5, 0.6) is 0 Å². The Bertz CT molecular complexity index is 844. The number of carbonyl (C=O) groups excluding carboxylic acids is 1. The fourth-order valence-corrected chi connectivity index (χ4v) is 3.50. The van der Waals surface area contributed by atoms with Crippen molar-refractivity contribution in [3.63, 3.8) is 0 Å². The number of pyridine rings is 1. The number of amides is 1. The van der Waals surface area contributed by atoms with E-state index in [1.54, 1.807) is 12.3 Å². The highest BCUT2D eigenvalue weighted by molar-refractivity contribution is 5.92. The topological polar surface area (TPSA) is 61.9 Å². The van der Waals surface area contributed by atoms with Gasteiger partial charge in [-0.25, -0.2) is 0 Å². The summed E-state index contributed by atoms with van der Waals surface area (Å²) in [4.78, 5) is 18.8. The molecule has 5 nitrogen and oxygen atoms in total. The summed E-state index contributed by atoms with van der Waals surface area (Å²) in [5.74, 6) is 0.269. The average molecular weight is 332 g/mol. The molecule has 0 radical (unpaired) electrons. The van der Waals surface area contributed by atoms with E-state index in [0.717, 1.165) is 36.2 Å². The first-order valence-corrected chi connectivity index (χ1v) is 8.62. The van der Waals surface area contributed by atoms with Gasteiger partial charge in [-0.05, 0) is 30.5 Å². The van der Waals surface area contributed by atoms with Gasteiger partial charge in [0.2, 0.25) is 0 Å². The second kappa shape index (κ2) is 6.89. The van der Waals surface area contributed by atoms with Crippen LogP contribution >= 0.6 is 0 Å². The molecule has 0 bridgehead atoms. The van der Waals surface area contributed by atoms with Gasteiger partial charge in [0.15, 0.2) is 0 Å². The standard InChI is InChI=1S/C20H20N4O/c25-20(18-10-4-5-11-21-18)24-12-6-9-16(14-24)19-17(13-22-23-19)15-7-2-1-3-8-15/h1-5,7-8,10-11,13,16H,6,9,12,14H2,(H,22,23)/t16-/m1/s1. The average Bonchev–Trinajstić information content (AvgIpc) is 3.19. The summed E-state index contributed by atoms with van der Waals surface area (Å²) in [6.07, 6.45) is 5.58. The second-order valence-electron chi connectivity index (χ2n) is 6.37. The maximum absolute atomic E-state index is 12.7. The van der Waals surface area contributed by atoms with Crippen molar-refractivity contribution >= 4 is 5.91 Å². The van der Waals surface area contributed by atoms with Crippen LogP contribution in [0.3, 0.4) is 0 Å². The van der Waals surface area contributed by atoms with Gasteiger partial charge in [-0.2, -0.15) is 5.10 Å². The summed E-state index contributed by atoms with van der Waals surface area (Å²) < 4.78 is 0. The Morgan fingerprint density at radius 3 is 2.76 bits per heavy atom. The number of carbonyl (C=O) groups is 1. The molecule has 0 spiro atoms. The molecule has 0 unspecified atom stereocenters. The van der Waals surface area contributed by atoms with Crippen LogP contribution in [-0.4, -0.2) is 39.1 Å². The monoisotopic (exact) mass is 332 g/mol. The summed E-state index contributed by atoms with van der Waals surface area (Å²) in [7, 11) is 0. The first-order valence-electron chi connectivity index (χ1n) is 8.62. The van der Waals surface area contributed by atoms with Crippen LogP contribution in [0, 0.1) is 0 Å². The van der Waals surface area contributed by atoms with E-state index in [1.165, 1.54) is 0 Å². The van der Waals surface area contributed by atoms with E-state index in [1.807, 2.05) is 41.4 Å². The lowest BCUT2D eigenvalue weighted by atomic mass is 9.90. The largest absolute Gasteiger partial charge is 0.337 e. The van der Waals surface area contributed by atoms with E-state index in [0.29, 0.717) is 12.2 Å². The predicted octanol–water partition coefficient (Wildman–Crippen LogP) is 3.49. The molecule has 1 aromatic carbocycles. The van der Waals surface area contributed by atoms with Crippen LogP contribution in [-0.2, 0) is 0 Å². The quantitative estimate of drug-likeness (QED) is 0.798. The molecule has 1 aliphatic rings. The number of aromatic amines is 1. The zero-order chi connectivity index (χ0) is 17.1. The van der Waals surface area contributed by atoms with Gasteiger partial charge in [-0.1, -0.05) is 36.4 Å². The number of hydrogen-bond donors (Lipinski definition) is 1. The number of rotatable bonds is 3. The van der Waals surface area contributed by atoms with E-state index in [2.05, 4.69) is 27.3 Å². The summed E-state index contributed by atoms with van der Waals surface area (Å²) in [6, 6.07) is 15.7. The Hall–Kier alpha value is -2.95. The number of aromatic nitrogens is 3. The molecule has 0 saturated carbocycles. The summed E-state index contributed by atoms with van der Waals surface area (Å²) in [6.45, 7) is 1.47. The second-order valence-corrected chi connectivity index (χ2v) is 6.37. The van der Waals surface area contributed by atoms with Crippen molar-refractivity contribution in [2.75, 3.05) is 13.1 Å². The Balaban J connectivity index is 1.57. The van der Waals surface area contributed by atoms with Crippen molar-refractivity contribution in [1.82, 2.24) is 20.1 Å². The van der Waals surface area contributed by atoms with Crippen molar-refractivity contribution in [3.05, 3.63) is 72.3 Å². The molecule has 1 fully saturated rings. The van der Waals surface area contributed by atoms with E-state index in [-0.39, 0.29) is 11.8 Å². The van der Waals surface area contributed by atoms with Crippen molar-refractivity contribution in [2.24, 2.45) is 0 Å². The normalized spacial score (nSPS) is 17.4. The van der Waals surface area contributed by atoms with Crippen molar-refractivity contribution in [3.8, 4) is 11.1 Å². The smallest absolute Gasteiger partial charge is 0.272 e. The van der Waals surface area contributed by atoms with Gasteiger partial charge in [0.25, 0.3) is 5.91 Å². The molecule has 1 atom stereocenters. The van der Waals surface area contributed by atoms with Crippen LogP contribution in [0.15, 0.2) is 60.9 Å². The first-order chi connectivity index (χ1) is 12.3. The highest BCUT2D eigenvalue weighted by atomic mass is 16.2. The molecule has 5 heteroatoms. The molecule has 4 rings (SSSR count). The zero-order valence-corrected chi connectivity index (χ0v) is 13.9. The number of benzene rings is 1. The molecule has 1 amide bonds. The van der Waals surface area contributed by atoms with Crippen LogP contribution in [0.1, 0.15) is 34.9 Å². The van der Waals surface area contributed by atoms with Gasteiger partial charge in [0.05, 0.1) is 6.20 Å². The van der Waals surface area contributed by atoms with Crippen LogP contribution < -0.4 is 0 Å². The molecule has 1 N–H and O–H groups in total. The first kappa shape index (κ1) is 15.6. The Kier molecular flexibility index (Phi) is 4.29. The fraction of sp³-hybridized carbons (Fsp3) is 0.250. The van der Waals surface area contributed by atoms with Crippen LogP contribution in [0.4, 0.5) is 0 Å². The molecule has 1 aliphatic heterocycles. The maximum Gasteiger partial charge on any atom is 0.272 e. The molecule has 1 saturated heterocycles. The number of hydrogen-bond acceptors (Lipinski definition) is 3. The molecular weight excluding hydrogens is 312 g/mol. The third kappa shape index (κ3) is 3.18. The van der Waals surface area contributed by atoms with E-state index in [4.69, 9.17) is 0 Å². The molecular formula is C20H20N4O. The maximum atomic E-state index is 12.7. The SMILES string of the molecule is O=C(c1ccccn1)N1CCC[C@@H](c2[nH]ncc2-c2ccccc2)C1. The van der Waals surface area contributed by atoms with Gasteiger partial charge in [0.1, 0.15) is 5.69 Å². The summed E-state index contributed by atoms with van der Waals surface area (Å²) >= 11 is 0. The Morgan fingerprint density at radius 1 is 1.12 bits per heavy atom. The molecule has 3 heterocycles. The summed E-state index contributed by atoms with van der Waals surface area (Å²) in [5.41, 5.74) is 3.90. The minimum absolute atomic E-state index is 0.00563. The highest BCUT2D eigenvalue weighted by Gasteiger charge is 2.28. The number of H-pyrrole nitrogens is 1. The molecule has 126 valence electrons. The lowest BCUT2D eigenvalue weighted by Crippen LogP contribution is -2.39. The van der Waals surface area contributed by atoms with Crippen molar-refractivity contribution in [2.45, 2.75) is 18.8 Å². The minimum Gasteiger partial charge on any atom is -0.337 e. The number of piperidine rings is 1. The number of nitrogens with zero attached hydrogens (tertiary/aromatic N) is 3. The molecule has 2 aromatic heterocycles. The minimum atomic E-state index is 0.00563. The van der Waals surface area contributed by atoms with E-state index < -0.39 is 0 Å². The lowest BCUT2D eigenvalue weighted by molar-refractivity contribution is 0.0700. The third-order valence-electron chi connectivity index (χ3n) is 4.75. The van der Waals surface area contributed by atoms with Crippen LogP contribution in [0.25, 0.3) is 11.1 Å². The highest BCUT2D eigenvalue weighted by Crippen LogP contribution is 2.33. The van der Waals surface area contributed by atoms with Crippen molar-refractivity contribution < 1.29 is 4.79 Å². The number of likely N-dealkylation sites (tertiary alicyclic amines) is 1. The zero-order valence-electron chi connectivity index (χ0n) is 13.9. The molecule has 3 aromatic rings. The number of nitrogens with one attached hydrogen (secondary N) is 1. The van der Waals surface area contributed by atoms with E-state index in [9.17, 15) is 4.79 Å². The van der Waals surface area contributed by atoms with Gasteiger partial charge in [-0.3, -0.25) is 14.9 Å². The lowest BCUT2D eigenvalue weighted by Gasteiger charge is -2.32. The van der Waals surface area contributed by atoms with Gasteiger partial charge in [0, 0.05) is 36.5 Å². The van der Waals surface area contributed by atoms with Gasteiger partial charge < -0.3 is 4.90 Å². The van der Waals surface area contributed by atoms with Crippen LogP contribution in [0.2, 0.25) is 0 Å². The molecule has 0 aliphatic carbocycles. The molecule has 25 heavy (non-hydrogen) atoms. The summed E-state index contributed by atoms with van der Waals surface area (Å²) in [5, 5.41) is 7.43. The predicted molar refractivity (Wildman–Crippen MR) is 96.1 cm³/mol. The Morgan fingerprint density at radius 2 is 1.96 bits per heavy atom. The Labute approximate surface area is 146 Å². The third-order valence-corrected chi connectivity index (χ3v) is 4.75. The fourth-order valence-electron chi connectivity index (χ4n) is 3.50. The van der Waals surface area contributed by atoms with Gasteiger partial charge in [-0.15, -0.1) is 0 Å². The van der Waals surface area contributed by atoms with Crippen molar-refractivity contribution in [1.29, 1.82) is 0 Å².